The number of carbonyl (C=O) groups excluding carboxylic acids is 1. The zero-order valence-electron chi connectivity index (χ0n) is 12.4. The number of benzene rings is 2. The van der Waals surface area contributed by atoms with Gasteiger partial charge in [0.2, 0.25) is 0 Å². The Kier molecular flexibility index (Phi) is 4.45. The van der Waals surface area contributed by atoms with Gasteiger partial charge in [-0.25, -0.2) is 4.79 Å². The first-order valence-electron chi connectivity index (χ1n) is 7.07. The van der Waals surface area contributed by atoms with Gasteiger partial charge in [0.05, 0.1) is 17.9 Å². The van der Waals surface area contributed by atoms with Crippen molar-refractivity contribution >= 4 is 38.3 Å². The Bertz CT molecular complexity index is 1020. The average Bonchev–Trinajstić information content (AvgIpc) is 2.57. The van der Waals surface area contributed by atoms with E-state index in [1.165, 1.54) is 6.07 Å². The lowest BCUT2D eigenvalue weighted by atomic mass is 10.1. The van der Waals surface area contributed by atoms with E-state index in [1.807, 2.05) is 0 Å². The summed E-state index contributed by atoms with van der Waals surface area (Å²) < 4.78 is 5.87. The second kappa shape index (κ2) is 6.69. The Labute approximate surface area is 145 Å². The molecule has 0 radical (unpaired) electrons. The maximum atomic E-state index is 12.3. The number of carbonyl (C=O) groups is 1. The van der Waals surface area contributed by atoms with E-state index in [0.717, 1.165) is 10.0 Å². The molecular weight excluding hydrogens is 372 g/mol. The van der Waals surface area contributed by atoms with Crippen molar-refractivity contribution in [3.63, 3.8) is 0 Å². The van der Waals surface area contributed by atoms with E-state index in [9.17, 15) is 9.59 Å². The molecule has 118 valence electrons. The van der Waals surface area contributed by atoms with E-state index in [1.54, 1.807) is 42.5 Å². The molecule has 0 aliphatic carbocycles. The van der Waals surface area contributed by atoms with E-state index < -0.39 is 11.5 Å². The van der Waals surface area contributed by atoms with Gasteiger partial charge in [0, 0.05) is 10.2 Å². The summed E-state index contributed by atoms with van der Waals surface area (Å²) in [7, 11) is 0. The molecule has 1 aromatic heterocycles. The van der Waals surface area contributed by atoms with Gasteiger partial charge in [-0.3, -0.25) is 4.79 Å². The topological polar surface area (TPSA) is 83.1 Å². The summed E-state index contributed by atoms with van der Waals surface area (Å²) in [5.74, 6) is -0.569. The van der Waals surface area contributed by atoms with Crippen LogP contribution in [0.2, 0.25) is 0 Å². The monoisotopic (exact) mass is 382 g/mol. The SMILES string of the molecule is N#CCc1ccc(NC(=O)c2cc3ccc(Br)cc3c(=O)o2)cc1. The maximum absolute atomic E-state index is 12.3. The molecule has 5 nitrogen and oxygen atoms in total. The smallest absolute Gasteiger partial charge is 0.344 e. The average molecular weight is 383 g/mol. The van der Waals surface area contributed by atoms with Crippen LogP contribution >= 0.6 is 15.9 Å². The third-order valence-electron chi connectivity index (χ3n) is 3.44. The van der Waals surface area contributed by atoms with Crippen molar-refractivity contribution in [1.29, 1.82) is 5.26 Å². The predicted molar refractivity (Wildman–Crippen MR) is 93.9 cm³/mol. The standard InChI is InChI=1S/C18H11BrN2O3/c19-13-4-3-12-9-16(24-18(23)15(12)10-13)17(22)21-14-5-1-11(2-6-14)7-8-20/h1-6,9-10H,7H2,(H,21,22). The number of nitrogens with zero attached hydrogens (tertiary/aromatic N) is 1. The normalized spacial score (nSPS) is 10.3. The molecule has 1 N–H and O–H groups in total. The molecule has 0 saturated heterocycles. The summed E-state index contributed by atoms with van der Waals surface area (Å²) in [6, 6.07) is 15.7. The summed E-state index contributed by atoms with van der Waals surface area (Å²) in [5, 5.41) is 12.3. The van der Waals surface area contributed by atoms with Crippen LogP contribution in [-0.4, -0.2) is 5.91 Å². The van der Waals surface area contributed by atoms with Crippen LogP contribution in [0.3, 0.4) is 0 Å². The third kappa shape index (κ3) is 3.36. The largest absolute Gasteiger partial charge is 0.417 e. The Morgan fingerprint density at radius 1 is 1.17 bits per heavy atom. The lowest BCUT2D eigenvalue weighted by Gasteiger charge is -2.06. The Morgan fingerprint density at radius 2 is 1.92 bits per heavy atom. The van der Waals surface area contributed by atoms with Gasteiger partial charge in [-0.15, -0.1) is 0 Å². The zero-order chi connectivity index (χ0) is 17.1. The molecule has 0 fully saturated rings. The van der Waals surface area contributed by atoms with Crippen molar-refractivity contribution in [3.8, 4) is 6.07 Å². The maximum Gasteiger partial charge on any atom is 0.344 e. The molecule has 3 aromatic rings. The minimum atomic E-state index is -0.566. The lowest BCUT2D eigenvalue weighted by Crippen LogP contribution is -2.15. The molecule has 2 aromatic carbocycles. The Hall–Kier alpha value is -2.91. The van der Waals surface area contributed by atoms with E-state index in [-0.39, 0.29) is 5.76 Å². The van der Waals surface area contributed by atoms with Crippen LogP contribution in [0.1, 0.15) is 16.1 Å². The van der Waals surface area contributed by atoms with E-state index >= 15 is 0 Å². The van der Waals surface area contributed by atoms with Crippen molar-refractivity contribution in [3.05, 3.63) is 74.7 Å². The first kappa shape index (κ1) is 16.0. The number of hydrogen-bond donors (Lipinski definition) is 1. The number of nitrogens with one attached hydrogen (secondary N) is 1. The molecule has 0 bridgehead atoms. The highest BCUT2D eigenvalue weighted by atomic mass is 79.9. The number of anilines is 1. The van der Waals surface area contributed by atoms with E-state index in [2.05, 4.69) is 27.3 Å². The molecule has 24 heavy (non-hydrogen) atoms. The first-order valence-corrected chi connectivity index (χ1v) is 7.87. The number of rotatable bonds is 3. The molecule has 0 aliphatic rings. The van der Waals surface area contributed by atoms with Gasteiger partial charge in [0.25, 0.3) is 5.91 Å². The molecule has 0 unspecified atom stereocenters. The summed E-state index contributed by atoms with van der Waals surface area (Å²) in [6.07, 6.45) is 0.309. The highest BCUT2D eigenvalue weighted by Gasteiger charge is 2.13. The fraction of sp³-hybridized carbons (Fsp3) is 0.0556. The quantitative estimate of drug-likeness (QED) is 0.744. The van der Waals surface area contributed by atoms with Crippen molar-refractivity contribution < 1.29 is 9.21 Å². The molecule has 0 atom stereocenters. The van der Waals surface area contributed by atoms with Gasteiger partial charge in [0.15, 0.2) is 5.76 Å². The molecule has 3 rings (SSSR count). The van der Waals surface area contributed by atoms with Crippen LogP contribution in [0.5, 0.6) is 0 Å². The third-order valence-corrected chi connectivity index (χ3v) is 3.94. The van der Waals surface area contributed by atoms with Crippen LogP contribution < -0.4 is 10.9 Å². The van der Waals surface area contributed by atoms with Gasteiger partial charge in [0.1, 0.15) is 0 Å². The van der Waals surface area contributed by atoms with Crippen LogP contribution in [-0.2, 0) is 6.42 Å². The van der Waals surface area contributed by atoms with Gasteiger partial charge in [-0.1, -0.05) is 34.1 Å². The van der Waals surface area contributed by atoms with E-state index in [0.29, 0.717) is 22.9 Å². The second-order valence-electron chi connectivity index (χ2n) is 5.12. The minimum Gasteiger partial charge on any atom is -0.417 e. The highest BCUT2D eigenvalue weighted by Crippen LogP contribution is 2.19. The predicted octanol–water partition coefficient (Wildman–Crippen LogP) is 3.87. The van der Waals surface area contributed by atoms with Crippen LogP contribution in [0.25, 0.3) is 10.8 Å². The minimum absolute atomic E-state index is 0.0593. The molecule has 6 heteroatoms. The van der Waals surface area contributed by atoms with Gasteiger partial charge in [-0.05, 0) is 41.3 Å². The molecule has 0 spiro atoms. The summed E-state index contributed by atoms with van der Waals surface area (Å²) in [5.41, 5.74) is 0.849. The number of hydrogen-bond acceptors (Lipinski definition) is 4. The molecule has 0 saturated carbocycles. The number of fused-ring (bicyclic) bond motifs is 1. The van der Waals surface area contributed by atoms with Crippen LogP contribution in [0.4, 0.5) is 5.69 Å². The van der Waals surface area contributed by atoms with Gasteiger partial charge >= 0.3 is 5.63 Å². The molecular formula is C18H11BrN2O3. The summed E-state index contributed by atoms with van der Waals surface area (Å²) in [4.78, 5) is 24.3. The van der Waals surface area contributed by atoms with Crippen molar-refractivity contribution in [1.82, 2.24) is 0 Å². The fourth-order valence-corrected chi connectivity index (χ4v) is 2.62. The van der Waals surface area contributed by atoms with Gasteiger partial charge in [-0.2, -0.15) is 5.26 Å². The Balaban J connectivity index is 1.87. The van der Waals surface area contributed by atoms with Crippen molar-refractivity contribution in [2.45, 2.75) is 6.42 Å². The van der Waals surface area contributed by atoms with Crippen LogP contribution in [0, 0.1) is 11.3 Å². The van der Waals surface area contributed by atoms with Crippen molar-refractivity contribution in [2.75, 3.05) is 5.32 Å². The Morgan fingerprint density at radius 3 is 2.62 bits per heavy atom. The fourth-order valence-electron chi connectivity index (χ4n) is 2.26. The van der Waals surface area contributed by atoms with Crippen LogP contribution in [0.15, 0.2) is 62.2 Å². The second-order valence-corrected chi connectivity index (χ2v) is 6.03. The lowest BCUT2D eigenvalue weighted by molar-refractivity contribution is 0.0993. The molecule has 0 aliphatic heterocycles. The molecule has 1 heterocycles. The summed E-state index contributed by atoms with van der Waals surface area (Å²) >= 11 is 3.30. The molecule has 1 amide bonds. The number of nitriles is 1. The van der Waals surface area contributed by atoms with Crippen molar-refractivity contribution in [2.24, 2.45) is 0 Å². The number of amides is 1. The first-order chi connectivity index (χ1) is 11.6. The number of halogens is 1. The van der Waals surface area contributed by atoms with E-state index in [4.69, 9.17) is 9.68 Å². The zero-order valence-corrected chi connectivity index (χ0v) is 14.0. The highest BCUT2D eigenvalue weighted by molar-refractivity contribution is 9.10. The summed E-state index contributed by atoms with van der Waals surface area (Å²) in [6.45, 7) is 0. The van der Waals surface area contributed by atoms with Gasteiger partial charge < -0.3 is 9.73 Å².